The van der Waals surface area contributed by atoms with Crippen molar-refractivity contribution in [1.29, 1.82) is 5.26 Å². The van der Waals surface area contributed by atoms with E-state index in [1.807, 2.05) is 4.90 Å². The minimum Gasteiger partial charge on any atom is -0.497 e. The molecule has 194 valence electrons. The second-order valence-electron chi connectivity index (χ2n) is 9.40. The van der Waals surface area contributed by atoms with Crippen LogP contribution < -0.4 is 20.9 Å². The van der Waals surface area contributed by atoms with Gasteiger partial charge in [0.2, 0.25) is 0 Å². The first-order valence-electron chi connectivity index (χ1n) is 12.3. The van der Waals surface area contributed by atoms with Crippen molar-refractivity contribution in [1.82, 2.24) is 14.1 Å². The lowest BCUT2D eigenvalue weighted by atomic mass is 10.1. The van der Waals surface area contributed by atoms with Crippen molar-refractivity contribution in [2.75, 3.05) is 25.1 Å². The van der Waals surface area contributed by atoms with Crippen LogP contribution in [0, 0.1) is 17.1 Å². The van der Waals surface area contributed by atoms with Gasteiger partial charge in [0.05, 0.1) is 20.0 Å². The maximum atomic E-state index is 14.1. The summed E-state index contributed by atoms with van der Waals surface area (Å²) in [5, 5.41) is 10.1. The van der Waals surface area contributed by atoms with Gasteiger partial charge in [0.1, 0.15) is 40.1 Å². The summed E-state index contributed by atoms with van der Waals surface area (Å²) in [5.41, 5.74) is 7.48. The van der Waals surface area contributed by atoms with Crippen molar-refractivity contribution in [2.24, 2.45) is 5.73 Å². The van der Waals surface area contributed by atoms with Gasteiger partial charge >= 0.3 is 0 Å². The molecule has 1 aliphatic rings. The molecule has 10 heteroatoms. The largest absolute Gasteiger partial charge is 0.497 e. The van der Waals surface area contributed by atoms with Crippen molar-refractivity contribution in [2.45, 2.75) is 32.0 Å². The number of aromatic nitrogens is 3. The molecule has 9 nitrogen and oxygen atoms in total. The summed E-state index contributed by atoms with van der Waals surface area (Å²) < 4.78 is 22.2. The van der Waals surface area contributed by atoms with E-state index in [1.165, 1.54) is 30.1 Å². The predicted molar refractivity (Wildman–Crippen MR) is 141 cm³/mol. The number of ketones is 1. The van der Waals surface area contributed by atoms with Crippen LogP contribution in [0.4, 0.5) is 10.2 Å². The lowest BCUT2D eigenvalue weighted by Crippen LogP contribution is -2.44. The Bertz CT molecular complexity index is 1620. The monoisotopic (exact) mass is 514 g/mol. The zero-order chi connectivity index (χ0) is 26.8. The molecule has 0 bridgehead atoms. The number of benzene rings is 2. The van der Waals surface area contributed by atoms with Gasteiger partial charge in [0.15, 0.2) is 5.78 Å². The molecule has 1 saturated heterocycles. The molecule has 5 rings (SSSR count). The highest BCUT2D eigenvalue weighted by Crippen LogP contribution is 2.32. The number of nitriles is 1. The third kappa shape index (κ3) is 4.76. The average Bonchev–Trinajstić information content (AvgIpc) is 3.23. The fourth-order valence-corrected chi connectivity index (χ4v) is 5.01. The van der Waals surface area contributed by atoms with Gasteiger partial charge in [-0.25, -0.2) is 9.37 Å². The zero-order valence-electron chi connectivity index (χ0n) is 20.9. The van der Waals surface area contributed by atoms with Gasteiger partial charge < -0.3 is 19.9 Å². The zero-order valence-corrected chi connectivity index (χ0v) is 20.9. The highest BCUT2D eigenvalue weighted by atomic mass is 19.1. The molecule has 2 aromatic carbocycles. The molecule has 0 amide bonds. The number of hydrogen-bond donors (Lipinski definition) is 1. The molecule has 0 spiro atoms. The van der Waals surface area contributed by atoms with Crippen LogP contribution in [0.1, 0.15) is 34.3 Å². The van der Waals surface area contributed by atoms with Crippen molar-refractivity contribution < 1.29 is 13.9 Å². The van der Waals surface area contributed by atoms with Crippen LogP contribution >= 0.6 is 0 Å². The average molecular weight is 515 g/mol. The predicted octanol–water partition coefficient (Wildman–Crippen LogP) is 3.08. The van der Waals surface area contributed by atoms with Crippen LogP contribution in [0.2, 0.25) is 0 Å². The van der Waals surface area contributed by atoms with Crippen LogP contribution in [-0.2, 0) is 13.1 Å². The third-order valence-corrected chi connectivity index (χ3v) is 6.80. The van der Waals surface area contributed by atoms with Crippen LogP contribution in [0.25, 0.3) is 11.0 Å². The number of halogens is 1. The molecule has 2 N–H and O–H groups in total. The van der Waals surface area contributed by atoms with E-state index >= 15 is 0 Å². The first-order chi connectivity index (χ1) is 18.4. The molecule has 2 aromatic heterocycles. The Balaban J connectivity index is 1.65. The van der Waals surface area contributed by atoms with E-state index in [9.17, 15) is 19.2 Å². The fraction of sp³-hybridized carbons (Fsp3) is 0.286. The van der Waals surface area contributed by atoms with Gasteiger partial charge in [-0.05, 0) is 42.7 Å². The molecule has 1 unspecified atom stereocenters. The minimum atomic E-state index is -0.466. The number of nitrogens with zero attached hydrogens (tertiary/aromatic N) is 5. The first kappa shape index (κ1) is 25.2. The minimum absolute atomic E-state index is 0.0824. The number of ether oxygens (including phenoxy) is 1. The number of nitrogens with two attached hydrogens (primary N) is 1. The standard InChI is InChI=1S/C28H27FN6O3/c1-38-22-9-3-6-19(12-22)24(36)16-34-17-32-25-23(13-30)27(33-10-4-8-21(31)15-33)35(26(25)28(34)37)14-18-5-2-7-20(29)11-18/h2-3,5-7,9,11-12,17,21H,4,8,10,14-16,31H2,1H3. The quantitative estimate of drug-likeness (QED) is 0.377. The lowest BCUT2D eigenvalue weighted by Gasteiger charge is -2.33. The van der Waals surface area contributed by atoms with Gasteiger partial charge in [0, 0.05) is 31.2 Å². The first-order valence-corrected chi connectivity index (χ1v) is 12.3. The molecular weight excluding hydrogens is 487 g/mol. The number of piperidine rings is 1. The number of hydrogen-bond acceptors (Lipinski definition) is 7. The maximum absolute atomic E-state index is 14.1. The van der Waals surface area contributed by atoms with E-state index in [2.05, 4.69) is 11.1 Å². The van der Waals surface area contributed by atoms with E-state index < -0.39 is 11.4 Å². The van der Waals surface area contributed by atoms with Crippen LogP contribution in [-0.4, -0.2) is 46.1 Å². The summed E-state index contributed by atoms with van der Waals surface area (Å²) in [5.74, 6) is 0.366. The molecule has 3 heterocycles. The SMILES string of the molecule is COc1cccc(C(=O)Cn2cnc3c(C#N)c(N4CCCC(N)C4)n(Cc4cccc(F)c4)c3c2=O)c1. The lowest BCUT2D eigenvalue weighted by molar-refractivity contribution is 0.0970. The van der Waals surface area contributed by atoms with Gasteiger partial charge in [-0.15, -0.1) is 0 Å². The Kier molecular flexibility index (Phi) is 6.94. The maximum Gasteiger partial charge on any atom is 0.278 e. The van der Waals surface area contributed by atoms with Crippen LogP contribution in [0.3, 0.4) is 0 Å². The van der Waals surface area contributed by atoms with Gasteiger partial charge in [-0.1, -0.05) is 24.3 Å². The molecule has 4 aromatic rings. The summed E-state index contributed by atoms with van der Waals surface area (Å²) in [6.45, 7) is 1.06. The summed E-state index contributed by atoms with van der Waals surface area (Å²) in [6.07, 6.45) is 2.99. The Labute approximate surface area is 218 Å². The normalized spacial score (nSPS) is 15.4. The van der Waals surface area contributed by atoms with Gasteiger partial charge in [-0.2, -0.15) is 5.26 Å². The van der Waals surface area contributed by atoms with Crippen molar-refractivity contribution in [3.05, 3.63) is 87.7 Å². The highest BCUT2D eigenvalue weighted by Gasteiger charge is 2.29. The van der Waals surface area contributed by atoms with E-state index in [-0.39, 0.29) is 41.5 Å². The Morgan fingerprint density at radius 1 is 1.26 bits per heavy atom. The van der Waals surface area contributed by atoms with Gasteiger partial charge in [0.25, 0.3) is 5.56 Å². The molecule has 0 radical (unpaired) electrons. The molecule has 0 aliphatic carbocycles. The van der Waals surface area contributed by atoms with E-state index in [1.54, 1.807) is 41.0 Å². The summed E-state index contributed by atoms with van der Waals surface area (Å²) in [4.78, 5) is 33.3. The second-order valence-corrected chi connectivity index (χ2v) is 9.40. The second kappa shape index (κ2) is 10.5. The topological polar surface area (TPSA) is 119 Å². The molecule has 1 aliphatic heterocycles. The fourth-order valence-electron chi connectivity index (χ4n) is 5.01. The van der Waals surface area contributed by atoms with Crippen molar-refractivity contribution >= 4 is 22.6 Å². The molecular formula is C28H27FN6O3. The summed E-state index contributed by atoms with van der Waals surface area (Å²) in [6, 6.07) is 14.9. The van der Waals surface area contributed by atoms with Crippen LogP contribution in [0.5, 0.6) is 5.75 Å². The number of anilines is 1. The third-order valence-electron chi connectivity index (χ3n) is 6.80. The highest BCUT2D eigenvalue weighted by molar-refractivity contribution is 5.96. The number of rotatable bonds is 7. The Morgan fingerprint density at radius 2 is 2.08 bits per heavy atom. The number of Topliss-reactive ketones (excluding diaryl/α,β-unsaturated/α-hetero) is 1. The number of fused-ring (bicyclic) bond motifs is 1. The molecule has 0 saturated carbocycles. The van der Waals surface area contributed by atoms with E-state index in [0.717, 1.165) is 12.8 Å². The van der Waals surface area contributed by atoms with E-state index in [0.29, 0.717) is 35.8 Å². The van der Waals surface area contributed by atoms with Gasteiger partial charge in [-0.3, -0.25) is 14.2 Å². The smallest absolute Gasteiger partial charge is 0.278 e. The van der Waals surface area contributed by atoms with Crippen molar-refractivity contribution in [3.63, 3.8) is 0 Å². The van der Waals surface area contributed by atoms with E-state index in [4.69, 9.17) is 10.5 Å². The molecule has 1 atom stereocenters. The Hall–Kier alpha value is -4.49. The number of carbonyl (C=O) groups excluding carboxylic acids is 1. The number of methoxy groups -OCH3 is 1. The van der Waals surface area contributed by atoms with Crippen LogP contribution in [0.15, 0.2) is 59.7 Å². The summed E-state index contributed by atoms with van der Waals surface area (Å²) in [7, 11) is 1.51. The van der Waals surface area contributed by atoms with Crippen molar-refractivity contribution in [3.8, 4) is 11.8 Å². The number of carbonyl (C=O) groups is 1. The molecule has 38 heavy (non-hydrogen) atoms. The Morgan fingerprint density at radius 3 is 2.82 bits per heavy atom. The molecule has 1 fully saturated rings. The summed E-state index contributed by atoms with van der Waals surface area (Å²) >= 11 is 0.